The number of halogens is 2. The summed E-state index contributed by atoms with van der Waals surface area (Å²) >= 11 is 0. The van der Waals surface area contributed by atoms with Gasteiger partial charge < -0.3 is 9.55 Å². The number of nitrogens with zero attached hydrogens (tertiary/aromatic N) is 4. The number of hydrogen-bond donors (Lipinski definition) is 2. The van der Waals surface area contributed by atoms with Crippen molar-refractivity contribution in [1.29, 1.82) is 5.26 Å². The number of aryl methyl sites for hydroxylation is 1. The molecule has 3 heterocycles. The Bertz CT molecular complexity index is 1490. The molecule has 0 radical (unpaired) electrons. The van der Waals surface area contributed by atoms with Gasteiger partial charge in [0.2, 0.25) is 0 Å². The maximum atomic E-state index is 14.1. The third kappa shape index (κ3) is 3.39. The molecule has 7 nitrogen and oxygen atoms in total. The van der Waals surface area contributed by atoms with E-state index in [-0.39, 0.29) is 18.2 Å². The van der Waals surface area contributed by atoms with Crippen molar-refractivity contribution in [2.45, 2.75) is 19.4 Å². The van der Waals surface area contributed by atoms with Gasteiger partial charge in [0, 0.05) is 47.2 Å². The molecule has 31 heavy (non-hydrogen) atoms. The lowest BCUT2D eigenvalue weighted by molar-refractivity contribution is 0.629. The number of benzene rings is 2. The summed E-state index contributed by atoms with van der Waals surface area (Å²) in [6.45, 7) is 0.588. The van der Waals surface area contributed by atoms with E-state index in [0.29, 0.717) is 36.3 Å². The number of fused-ring (bicyclic) bond motifs is 2. The fourth-order valence-electron chi connectivity index (χ4n) is 3.90. The molecule has 0 amide bonds. The van der Waals surface area contributed by atoms with E-state index in [1.54, 1.807) is 6.07 Å². The molecule has 0 saturated carbocycles. The molecule has 3 aromatic heterocycles. The molecule has 0 aliphatic rings. The minimum Gasteiger partial charge on any atom is -0.360 e. The molecule has 0 fully saturated rings. The minimum absolute atomic E-state index is 0. The fraction of sp³-hybridized carbons (Fsp3) is 0.136. The van der Waals surface area contributed by atoms with Gasteiger partial charge in [-0.25, -0.2) is 18.9 Å². The van der Waals surface area contributed by atoms with Gasteiger partial charge in [-0.2, -0.15) is 10.4 Å². The lowest BCUT2D eigenvalue weighted by atomic mass is 10.1. The van der Waals surface area contributed by atoms with Crippen LogP contribution in [0.5, 0.6) is 0 Å². The van der Waals surface area contributed by atoms with E-state index >= 15 is 0 Å². The van der Waals surface area contributed by atoms with Gasteiger partial charge in [-0.05, 0) is 30.7 Å². The van der Waals surface area contributed by atoms with Crippen LogP contribution >= 0.6 is 12.4 Å². The number of aromatic amines is 2. The van der Waals surface area contributed by atoms with Crippen molar-refractivity contribution in [3.8, 4) is 23.1 Å². The highest BCUT2D eigenvalue weighted by atomic mass is 35.5. The van der Waals surface area contributed by atoms with Gasteiger partial charge in [0.15, 0.2) is 5.82 Å². The van der Waals surface area contributed by atoms with Crippen molar-refractivity contribution in [2.24, 2.45) is 0 Å². The van der Waals surface area contributed by atoms with Crippen LogP contribution in [-0.2, 0) is 6.54 Å². The Morgan fingerprint density at radius 3 is 2.84 bits per heavy atom. The van der Waals surface area contributed by atoms with Crippen molar-refractivity contribution >= 4 is 34.2 Å². The second-order valence-electron chi connectivity index (χ2n) is 7.07. The highest BCUT2D eigenvalue weighted by molar-refractivity contribution is 5.95. The molecule has 0 atom stereocenters. The third-order valence-electron chi connectivity index (χ3n) is 5.25. The summed E-state index contributed by atoms with van der Waals surface area (Å²) in [6, 6.07) is 14.4. The SMILES string of the molecule is Cl.N#CCCCn1cc(-n2c(-c3c[nH]c4ccccc34)n[nH]c2=O)c2cc(F)ccc21. The zero-order valence-corrected chi connectivity index (χ0v) is 17.1. The Kier molecular flexibility index (Phi) is 5.36. The van der Waals surface area contributed by atoms with Gasteiger partial charge in [0.25, 0.3) is 0 Å². The number of nitriles is 1. The van der Waals surface area contributed by atoms with Crippen LogP contribution in [0.2, 0.25) is 0 Å². The highest BCUT2D eigenvalue weighted by Gasteiger charge is 2.20. The van der Waals surface area contributed by atoms with Crippen LogP contribution in [0.25, 0.3) is 38.9 Å². The largest absolute Gasteiger partial charge is 0.360 e. The van der Waals surface area contributed by atoms with E-state index in [1.807, 2.05) is 41.2 Å². The number of hydrogen-bond acceptors (Lipinski definition) is 3. The van der Waals surface area contributed by atoms with E-state index < -0.39 is 5.69 Å². The first-order chi connectivity index (χ1) is 14.7. The monoisotopic (exact) mass is 436 g/mol. The molecular formula is C22H18ClFN6O. The summed E-state index contributed by atoms with van der Waals surface area (Å²) in [5.74, 6) is 0.0569. The lowest BCUT2D eigenvalue weighted by Crippen LogP contribution is -2.15. The van der Waals surface area contributed by atoms with E-state index in [9.17, 15) is 9.18 Å². The average molecular weight is 437 g/mol. The van der Waals surface area contributed by atoms with Crippen LogP contribution in [0.1, 0.15) is 12.8 Å². The fourth-order valence-corrected chi connectivity index (χ4v) is 3.90. The predicted octanol–water partition coefficient (Wildman–Crippen LogP) is 4.53. The summed E-state index contributed by atoms with van der Waals surface area (Å²) in [5.41, 5.74) is 2.63. The Morgan fingerprint density at radius 1 is 1.16 bits per heavy atom. The molecule has 0 saturated heterocycles. The Labute approximate surface area is 182 Å². The zero-order chi connectivity index (χ0) is 20.7. The van der Waals surface area contributed by atoms with E-state index in [1.165, 1.54) is 16.7 Å². The zero-order valence-electron chi connectivity index (χ0n) is 16.3. The second kappa shape index (κ2) is 8.13. The molecule has 2 N–H and O–H groups in total. The molecule has 0 spiro atoms. The number of aromatic nitrogens is 5. The summed E-state index contributed by atoms with van der Waals surface area (Å²) < 4.78 is 17.5. The molecule has 5 aromatic rings. The first-order valence-electron chi connectivity index (χ1n) is 9.57. The summed E-state index contributed by atoms with van der Waals surface area (Å²) in [6.07, 6.45) is 4.70. The first kappa shape index (κ1) is 20.4. The molecule has 0 aliphatic heterocycles. The predicted molar refractivity (Wildman–Crippen MR) is 119 cm³/mol. The highest BCUT2D eigenvalue weighted by Crippen LogP contribution is 2.31. The maximum absolute atomic E-state index is 14.1. The van der Waals surface area contributed by atoms with Crippen LogP contribution in [0.15, 0.2) is 59.7 Å². The van der Waals surface area contributed by atoms with Crippen LogP contribution in [-0.4, -0.2) is 24.3 Å². The Balaban J connectivity index is 0.00000231. The van der Waals surface area contributed by atoms with Gasteiger partial charge in [0.05, 0.1) is 17.3 Å². The van der Waals surface area contributed by atoms with Crippen molar-refractivity contribution in [3.05, 3.63) is 71.2 Å². The van der Waals surface area contributed by atoms with Crippen molar-refractivity contribution in [3.63, 3.8) is 0 Å². The first-order valence-corrected chi connectivity index (χ1v) is 9.57. The molecule has 156 valence electrons. The number of rotatable bonds is 5. The quantitative estimate of drug-likeness (QED) is 0.396. The van der Waals surface area contributed by atoms with Crippen LogP contribution in [0, 0.1) is 17.1 Å². The van der Waals surface area contributed by atoms with Crippen molar-refractivity contribution in [1.82, 2.24) is 24.3 Å². The summed E-state index contributed by atoms with van der Waals surface area (Å²) in [7, 11) is 0. The molecule has 0 bridgehead atoms. The van der Waals surface area contributed by atoms with Crippen molar-refractivity contribution < 1.29 is 4.39 Å². The van der Waals surface area contributed by atoms with Crippen LogP contribution < -0.4 is 5.69 Å². The number of para-hydroxylation sites is 1. The van der Waals surface area contributed by atoms with Crippen LogP contribution in [0.4, 0.5) is 4.39 Å². The Hall–Kier alpha value is -3.83. The molecule has 5 rings (SSSR count). The number of H-pyrrole nitrogens is 2. The van der Waals surface area contributed by atoms with Gasteiger partial charge in [-0.15, -0.1) is 12.4 Å². The van der Waals surface area contributed by atoms with Crippen molar-refractivity contribution in [2.75, 3.05) is 0 Å². The topological polar surface area (TPSA) is 95.2 Å². The summed E-state index contributed by atoms with van der Waals surface area (Å²) in [4.78, 5) is 16.0. The third-order valence-corrected chi connectivity index (χ3v) is 5.25. The van der Waals surface area contributed by atoms with E-state index in [4.69, 9.17) is 5.26 Å². The maximum Gasteiger partial charge on any atom is 0.348 e. The standard InChI is InChI=1S/C22H17FN6O.ClH/c23-14-7-8-19-16(11-14)20(13-28(19)10-4-3-9-24)29-21(26-27-22(29)30)17-12-25-18-6-2-1-5-15(17)18;/h1-2,5-8,11-13,25H,3-4,10H2,(H,27,30);1H. The van der Waals surface area contributed by atoms with Crippen LogP contribution in [0.3, 0.4) is 0 Å². The lowest BCUT2D eigenvalue weighted by Gasteiger charge is -2.04. The normalized spacial score (nSPS) is 11.0. The van der Waals surface area contributed by atoms with E-state index in [0.717, 1.165) is 22.0 Å². The van der Waals surface area contributed by atoms with Gasteiger partial charge in [-0.3, -0.25) is 0 Å². The molecule has 2 aromatic carbocycles. The van der Waals surface area contributed by atoms with E-state index in [2.05, 4.69) is 21.3 Å². The summed E-state index contributed by atoms with van der Waals surface area (Å²) in [5, 5.41) is 17.2. The smallest absolute Gasteiger partial charge is 0.348 e. The second-order valence-corrected chi connectivity index (χ2v) is 7.07. The van der Waals surface area contributed by atoms with Gasteiger partial charge >= 0.3 is 5.69 Å². The molecule has 9 heteroatoms. The average Bonchev–Trinajstić information content (AvgIpc) is 3.43. The van der Waals surface area contributed by atoms with Gasteiger partial charge in [0.1, 0.15) is 5.82 Å². The number of nitrogens with one attached hydrogen (secondary N) is 2. The number of unbranched alkanes of at least 4 members (excludes halogenated alkanes) is 1. The van der Waals surface area contributed by atoms with Gasteiger partial charge in [-0.1, -0.05) is 18.2 Å². The minimum atomic E-state index is -0.407. The molecular weight excluding hydrogens is 419 g/mol. The molecule has 0 unspecified atom stereocenters. The molecule has 0 aliphatic carbocycles. The Morgan fingerprint density at radius 2 is 2.00 bits per heavy atom.